The largest absolute Gasteiger partial charge is 0.394 e. The number of benzene rings is 1. The van der Waals surface area contributed by atoms with Crippen LogP contribution in [0, 0.1) is 22.0 Å². The second-order valence-corrected chi connectivity index (χ2v) is 6.61. The van der Waals surface area contributed by atoms with Gasteiger partial charge in [0.25, 0.3) is 5.69 Å². The summed E-state index contributed by atoms with van der Waals surface area (Å²) in [5.74, 6) is 4.34. The highest BCUT2D eigenvalue weighted by atomic mass is 16.8. The van der Waals surface area contributed by atoms with Gasteiger partial charge in [0.1, 0.15) is 12.2 Å². The van der Waals surface area contributed by atoms with Crippen LogP contribution >= 0.6 is 0 Å². The average molecular weight is 365 g/mol. The van der Waals surface area contributed by atoms with Gasteiger partial charge in [-0.3, -0.25) is 10.1 Å². The molecular formula is C17H19NO8. The van der Waals surface area contributed by atoms with Crippen LogP contribution in [-0.4, -0.2) is 62.8 Å². The molecule has 1 aromatic rings. The standard InChI is InChI=1S/C17H19NO8/c1-16(2)25-14-15(26-16)24-13(12(20)9-19)17(14,21)8-7-10-3-5-11(6-4-10)18(22)23/h3-6,12-15,19-21H,9H2,1-2H3/t12-,13-,14+,15-,17-/m1/s1. The average Bonchev–Trinajstić information content (AvgIpc) is 3.04. The van der Waals surface area contributed by atoms with Crippen LogP contribution < -0.4 is 0 Å². The van der Waals surface area contributed by atoms with Crippen molar-refractivity contribution in [3.8, 4) is 11.8 Å². The van der Waals surface area contributed by atoms with Crippen molar-refractivity contribution in [3.63, 3.8) is 0 Å². The molecule has 0 radical (unpaired) electrons. The maximum Gasteiger partial charge on any atom is 0.269 e. The highest BCUT2D eigenvalue weighted by Gasteiger charge is 2.64. The van der Waals surface area contributed by atoms with Gasteiger partial charge in [-0.15, -0.1) is 0 Å². The topological polar surface area (TPSA) is 132 Å². The fourth-order valence-corrected chi connectivity index (χ4v) is 3.00. The van der Waals surface area contributed by atoms with Crippen molar-refractivity contribution in [3.05, 3.63) is 39.9 Å². The van der Waals surface area contributed by atoms with Crippen molar-refractivity contribution >= 4 is 5.69 Å². The van der Waals surface area contributed by atoms with Crippen molar-refractivity contribution in [1.29, 1.82) is 0 Å². The number of nitro groups is 1. The number of hydrogen-bond acceptors (Lipinski definition) is 8. The molecule has 0 aromatic heterocycles. The van der Waals surface area contributed by atoms with Crippen molar-refractivity contribution in [2.45, 2.75) is 49.8 Å². The van der Waals surface area contributed by atoms with Gasteiger partial charge in [-0.1, -0.05) is 11.8 Å². The van der Waals surface area contributed by atoms with Crippen LogP contribution in [0.25, 0.3) is 0 Å². The van der Waals surface area contributed by atoms with Crippen LogP contribution in [0.1, 0.15) is 19.4 Å². The summed E-state index contributed by atoms with van der Waals surface area (Å²) in [4.78, 5) is 10.2. The Balaban J connectivity index is 1.92. The molecule has 140 valence electrons. The number of fused-ring (bicyclic) bond motifs is 1. The summed E-state index contributed by atoms with van der Waals surface area (Å²) in [6, 6.07) is 5.46. The third-order valence-corrected chi connectivity index (χ3v) is 4.23. The molecule has 26 heavy (non-hydrogen) atoms. The Hall–Kier alpha value is -2.06. The van der Waals surface area contributed by atoms with Gasteiger partial charge in [0.15, 0.2) is 23.8 Å². The van der Waals surface area contributed by atoms with Gasteiger partial charge in [-0.05, 0) is 26.0 Å². The summed E-state index contributed by atoms with van der Waals surface area (Å²) in [6.45, 7) is 2.65. The van der Waals surface area contributed by atoms with Gasteiger partial charge < -0.3 is 29.5 Å². The highest BCUT2D eigenvalue weighted by Crippen LogP contribution is 2.43. The Morgan fingerprint density at radius 3 is 2.54 bits per heavy atom. The van der Waals surface area contributed by atoms with Crippen molar-refractivity contribution in [2.24, 2.45) is 0 Å². The predicted molar refractivity (Wildman–Crippen MR) is 86.7 cm³/mol. The fourth-order valence-electron chi connectivity index (χ4n) is 3.00. The van der Waals surface area contributed by atoms with E-state index < -0.39 is 47.5 Å². The Bertz CT molecular complexity index is 752. The number of aliphatic hydroxyl groups excluding tert-OH is 2. The quantitative estimate of drug-likeness (QED) is 0.385. The molecule has 3 N–H and O–H groups in total. The molecule has 0 spiro atoms. The number of nitro benzene ring substituents is 1. The van der Waals surface area contributed by atoms with E-state index in [2.05, 4.69) is 11.8 Å². The van der Waals surface area contributed by atoms with E-state index in [4.69, 9.17) is 14.2 Å². The van der Waals surface area contributed by atoms with Crippen LogP contribution in [-0.2, 0) is 14.2 Å². The first kappa shape index (κ1) is 18.7. The second-order valence-electron chi connectivity index (χ2n) is 6.61. The van der Waals surface area contributed by atoms with E-state index in [1.807, 2.05) is 0 Å². The zero-order valence-electron chi connectivity index (χ0n) is 14.2. The molecule has 2 fully saturated rings. The minimum Gasteiger partial charge on any atom is -0.394 e. The van der Waals surface area contributed by atoms with Gasteiger partial charge in [0.2, 0.25) is 0 Å². The molecule has 0 bridgehead atoms. The Morgan fingerprint density at radius 1 is 1.31 bits per heavy atom. The number of nitrogens with zero attached hydrogens (tertiary/aromatic N) is 1. The van der Waals surface area contributed by atoms with Gasteiger partial charge in [0.05, 0.1) is 11.5 Å². The van der Waals surface area contributed by atoms with E-state index >= 15 is 0 Å². The Morgan fingerprint density at radius 2 is 1.96 bits per heavy atom. The summed E-state index contributed by atoms with van der Waals surface area (Å²) in [7, 11) is 0. The summed E-state index contributed by atoms with van der Waals surface area (Å²) >= 11 is 0. The number of ether oxygens (including phenoxy) is 3. The van der Waals surface area contributed by atoms with E-state index in [1.54, 1.807) is 13.8 Å². The van der Waals surface area contributed by atoms with Crippen LogP contribution in [0.5, 0.6) is 0 Å². The molecular weight excluding hydrogens is 346 g/mol. The highest BCUT2D eigenvalue weighted by molar-refractivity contribution is 5.43. The summed E-state index contributed by atoms with van der Waals surface area (Å²) < 4.78 is 16.7. The van der Waals surface area contributed by atoms with E-state index in [-0.39, 0.29) is 5.69 Å². The van der Waals surface area contributed by atoms with Gasteiger partial charge in [-0.2, -0.15) is 0 Å². The summed E-state index contributed by atoms with van der Waals surface area (Å²) in [5.41, 5.74) is -1.60. The second kappa shape index (κ2) is 6.59. The lowest BCUT2D eigenvalue weighted by Crippen LogP contribution is -2.53. The van der Waals surface area contributed by atoms with E-state index in [1.165, 1.54) is 24.3 Å². The predicted octanol–water partition coefficient (Wildman–Crippen LogP) is -0.0930. The molecule has 9 nitrogen and oxygen atoms in total. The van der Waals surface area contributed by atoms with Crippen molar-refractivity contribution < 1.29 is 34.5 Å². The normalized spacial score (nSPS) is 33.2. The molecule has 0 unspecified atom stereocenters. The lowest BCUT2D eigenvalue weighted by molar-refractivity contribution is -0.384. The van der Waals surface area contributed by atoms with Crippen LogP contribution in [0.3, 0.4) is 0 Å². The maximum absolute atomic E-state index is 11.1. The fraction of sp³-hybridized carbons (Fsp3) is 0.529. The molecule has 0 amide bonds. The molecule has 5 atom stereocenters. The zero-order valence-corrected chi connectivity index (χ0v) is 14.2. The number of aliphatic hydroxyl groups is 3. The van der Waals surface area contributed by atoms with Crippen LogP contribution in [0.4, 0.5) is 5.69 Å². The van der Waals surface area contributed by atoms with Crippen LogP contribution in [0.15, 0.2) is 24.3 Å². The summed E-state index contributed by atoms with van der Waals surface area (Å²) in [6.07, 6.45) is -4.59. The smallest absolute Gasteiger partial charge is 0.269 e. The molecule has 2 aliphatic rings. The molecule has 2 heterocycles. The number of rotatable bonds is 3. The number of hydrogen-bond donors (Lipinski definition) is 3. The molecule has 3 rings (SSSR count). The molecule has 2 aliphatic heterocycles. The monoisotopic (exact) mass is 365 g/mol. The summed E-state index contributed by atoms with van der Waals surface area (Å²) in [5, 5.41) is 41.0. The van der Waals surface area contributed by atoms with Gasteiger partial charge in [0, 0.05) is 17.7 Å². The first-order chi connectivity index (χ1) is 12.2. The number of non-ortho nitro benzene ring substituents is 1. The Kier molecular flexibility index (Phi) is 4.74. The third kappa shape index (κ3) is 3.31. The lowest BCUT2D eigenvalue weighted by Gasteiger charge is -2.31. The van der Waals surface area contributed by atoms with Gasteiger partial charge in [-0.25, -0.2) is 0 Å². The first-order valence-corrected chi connectivity index (χ1v) is 7.96. The molecule has 0 saturated carbocycles. The third-order valence-electron chi connectivity index (χ3n) is 4.23. The van der Waals surface area contributed by atoms with Gasteiger partial charge >= 0.3 is 0 Å². The molecule has 9 heteroatoms. The zero-order chi connectivity index (χ0) is 19.1. The first-order valence-electron chi connectivity index (χ1n) is 7.96. The lowest BCUT2D eigenvalue weighted by atomic mass is 9.89. The molecule has 0 aliphatic carbocycles. The van der Waals surface area contributed by atoms with Crippen LogP contribution in [0.2, 0.25) is 0 Å². The minimum absolute atomic E-state index is 0.0821. The SMILES string of the molecule is CC1(C)O[C@H]2O[C@H]([C@H](O)CO)[C@](O)(C#Cc3ccc([N+](=O)[O-])cc3)[C@H]2O1. The van der Waals surface area contributed by atoms with Crippen molar-refractivity contribution in [1.82, 2.24) is 0 Å². The molecule has 2 saturated heterocycles. The van der Waals surface area contributed by atoms with E-state index in [9.17, 15) is 25.4 Å². The minimum atomic E-state index is -1.94. The molecule has 1 aromatic carbocycles. The van der Waals surface area contributed by atoms with E-state index in [0.717, 1.165) is 0 Å². The van der Waals surface area contributed by atoms with E-state index in [0.29, 0.717) is 5.56 Å². The van der Waals surface area contributed by atoms with Crippen molar-refractivity contribution in [2.75, 3.05) is 6.61 Å². The maximum atomic E-state index is 11.1. The Labute approximate surface area is 149 Å².